The van der Waals surface area contributed by atoms with Crippen LogP contribution in [0.4, 0.5) is 0 Å². The monoisotopic (exact) mass is 260 g/mol. The van der Waals surface area contributed by atoms with Crippen molar-refractivity contribution >= 4 is 0 Å². The molecule has 1 aromatic carbocycles. The van der Waals surface area contributed by atoms with E-state index < -0.39 is 0 Å². The summed E-state index contributed by atoms with van der Waals surface area (Å²) in [7, 11) is 0. The van der Waals surface area contributed by atoms with Crippen LogP contribution >= 0.6 is 0 Å². The number of para-hydroxylation sites is 1. The molecule has 3 rings (SSSR count). The Kier molecular flexibility index (Phi) is 3.76. The summed E-state index contributed by atoms with van der Waals surface area (Å²) in [5.74, 6) is 1.08. The lowest BCUT2D eigenvalue weighted by atomic mass is 10.0. The molecule has 2 heterocycles. The van der Waals surface area contributed by atoms with Crippen LogP contribution in [0.2, 0.25) is 0 Å². The molecule has 1 aromatic rings. The van der Waals surface area contributed by atoms with Gasteiger partial charge in [0.25, 0.3) is 0 Å². The summed E-state index contributed by atoms with van der Waals surface area (Å²) in [4.78, 5) is 2.61. The Morgan fingerprint density at radius 3 is 2.53 bits per heavy atom. The molecule has 104 valence electrons. The molecule has 3 unspecified atom stereocenters. The van der Waals surface area contributed by atoms with E-state index in [1.165, 1.54) is 18.4 Å². The van der Waals surface area contributed by atoms with Gasteiger partial charge in [-0.05, 0) is 32.8 Å². The third kappa shape index (κ3) is 2.77. The van der Waals surface area contributed by atoms with Gasteiger partial charge in [-0.1, -0.05) is 18.2 Å². The smallest absolute Gasteiger partial charge is 0.124 e. The van der Waals surface area contributed by atoms with E-state index >= 15 is 0 Å². The van der Waals surface area contributed by atoms with Gasteiger partial charge in [-0.15, -0.1) is 0 Å². The Balaban J connectivity index is 1.75. The molecule has 19 heavy (non-hydrogen) atoms. The Bertz CT molecular complexity index is 423. The lowest BCUT2D eigenvalue weighted by molar-refractivity contribution is 0.138. The van der Waals surface area contributed by atoms with Gasteiger partial charge in [-0.25, -0.2) is 0 Å². The van der Waals surface area contributed by atoms with E-state index in [9.17, 15) is 0 Å². The van der Waals surface area contributed by atoms with Gasteiger partial charge in [0, 0.05) is 30.7 Å². The average molecular weight is 260 g/mol. The molecule has 3 heteroatoms. The molecule has 3 atom stereocenters. The van der Waals surface area contributed by atoms with Crippen LogP contribution in [-0.2, 0) is 0 Å². The Hall–Kier alpha value is -1.06. The second-order valence-electron chi connectivity index (χ2n) is 5.95. The first-order chi connectivity index (χ1) is 9.24. The normalized spacial score (nSPS) is 32.2. The number of hydrogen-bond donors (Lipinski definition) is 1. The zero-order valence-corrected chi connectivity index (χ0v) is 11.9. The molecule has 0 aromatic heterocycles. The Morgan fingerprint density at radius 1 is 1.11 bits per heavy atom. The fourth-order valence-electron chi connectivity index (χ4n) is 3.24. The van der Waals surface area contributed by atoms with Crippen molar-refractivity contribution in [3.63, 3.8) is 0 Å². The highest BCUT2D eigenvalue weighted by atomic mass is 16.5. The van der Waals surface area contributed by atoms with Crippen molar-refractivity contribution in [1.82, 2.24) is 10.2 Å². The van der Waals surface area contributed by atoms with Crippen LogP contribution in [0.1, 0.15) is 38.3 Å². The maximum absolute atomic E-state index is 5.83. The van der Waals surface area contributed by atoms with Gasteiger partial charge in [0.15, 0.2) is 0 Å². The van der Waals surface area contributed by atoms with Crippen molar-refractivity contribution < 1.29 is 4.74 Å². The first-order valence-corrected chi connectivity index (χ1v) is 7.46. The van der Waals surface area contributed by atoms with Gasteiger partial charge in [0.2, 0.25) is 0 Å². The third-order valence-corrected chi connectivity index (χ3v) is 4.38. The molecule has 1 saturated heterocycles. The van der Waals surface area contributed by atoms with Crippen LogP contribution in [0.5, 0.6) is 5.75 Å². The van der Waals surface area contributed by atoms with Crippen molar-refractivity contribution in [1.29, 1.82) is 0 Å². The fourth-order valence-corrected chi connectivity index (χ4v) is 3.24. The van der Waals surface area contributed by atoms with Crippen LogP contribution in [0.3, 0.4) is 0 Å². The number of hydrogen-bond acceptors (Lipinski definition) is 3. The predicted octanol–water partition coefficient (Wildman–Crippen LogP) is 2.58. The van der Waals surface area contributed by atoms with Crippen molar-refractivity contribution in [3.8, 4) is 5.75 Å². The number of fused-ring (bicyclic) bond motifs is 1. The van der Waals surface area contributed by atoms with E-state index in [0.29, 0.717) is 18.1 Å². The van der Waals surface area contributed by atoms with Crippen molar-refractivity contribution in [2.45, 2.75) is 44.8 Å². The van der Waals surface area contributed by atoms with Crippen molar-refractivity contribution in [2.75, 3.05) is 19.7 Å². The van der Waals surface area contributed by atoms with Gasteiger partial charge < -0.3 is 10.1 Å². The molecule has 0 amide bonds. The number of rotatable bonds is 1. The first-order valence-electron chi connectivity index (χ1n) is 7.46. The summed E-state index contributed by atoms with van der Waals surface area (Å²) in [6.45, 7) is 7.71. The Labute approximate surface area is 115 Å². The molecule has 2 aliphatic heterocycles. The summed E-state index contributed by atoms with van der Waals surface area (Å²) in [5.41, 5.74) is 1.37. The fraction of sp³-hybridized carbons (Fsp3) is 0.625. The van der Waals surface area contributed by atoms with Gasteiger partial charge in [-0.2, -0.15) is 0 Å². The van der Waals surface area contributed by atoms with E-state index in [1.54, 1.807) is 0 Å². The largest absolute Gasteiger partial charge is 0.491 e. The van der Waals surface area contributed by atoms with E-state index in [2.05, 4.69) is 48.3 Å². The standard InChI is InChI=1S/C16H24N2O/c1-12-7-9-18(10-8-13(2)17-12)15-11-19-16-6-4-3-5-14(15)16/h3-6,12-13,15,17H,7-11H2,1-2H3. The molecule has 0 aliphatic carbocycles. The maximum atomic E-state index is 5.83. The number of nitrogens with zero attached hydrogens (tertiary/aromatic N) is 1. The molecule has 0 saturated carbocycles. The number of nitrogens with one attached hydrogen (secondary N) is 1. The molecular formula is C16H24N2O. The molecule has 3 nitrogen and oxygen atoms in total. The van der Waals surface area contributed by atoms with Gasteiger partial charge >= 0.3 is 0 Å². The summed E-state index contributed by atoms with van der Waals surface area (Å²) < 4.78 is 5.83. The zero-order valence-electron chi connectivity index (χ0n) is 11.9. The molecule has 0 radical (unpaired) electrons. The third-order valence-electron chi connectivity index (χ3n) is 4.38. The predicted molar refractivity (Wildman–Crippen MR) is 77.5 cm³/mol. The van der Waals surface area contributed by atoms with E-state index in [0.717, 1.165) is 25.4 Å². The van der Waals surface area contributed by atoms with Gasteiger partial charge in [0.1, 0.15) is 12.4 Å². The minimum Gasteiger partial charge on any atom is -0.491 e. The van der Waals surface area contributed by atoms with Crippen LogP contribution < -0.4 is 10.1 Å². The van der Waals surface area contributed by atoms with Crippen LogP contribution in [0.25, 0.3) is 0 Å². The molecular weight excluding hydrogens is 236 g/mol. The van der Waals surface area contributed by atoms with Gasteiger partial charge in [-0.3, -0.25) is 4.90 Å². The van der Waals surface area contributed by atoms with E-state index in [1.807, 2.05) is 0 Å². The van der Waals surface area contributed by atoms with Crippen molar-refractivity contribution in [2.24, 2.45) is 0 Å². The minimum atomic E-state index is 0.452. The van der Waals surface area contributed by atoms with Crippen molar-refractivity contribution in [3.05, 3.63) is 29.8 Å². The molecule has 1 fully saturated rings. The highest BCUT2D eigenvalue weighted by molar-refractivity contribution is 5.39. The second-order valence-corrected chi connectivity index (χ2v) is 5.95. The van der Waals surface area contributed by atoms with Crippen LogP contribution in [0, 0.1) is 0 Å². The van der Waals surface area contributed by atoms with Crippen LogP contribution in [-0.4, -0.2) is 36.7 Å². The highest BCUT2D eigenvalue weighted by Crippen LogP contribution is 2.36. The lowest BCUT2D eigenvalue weighted by Gasteiger charge is -2.34. The first kappa shape index (κ1) is 12.9. The maximum Gasteiger partial charge on any atom is 0.124 e. The molecule has 0 bridgehead atoms. The highest BCUT2D eigenvalue weighted by Gasteiger charge is 2.30. The number of benzene rings is 1. The number of ether oxygens (including phenoxy) is 1. The summed E-state index contributed by atoms with van der Waals surface area (Å²) >= 11 is 0. The quantitative estimate of drug-likeness (QED) is 0.840. The molecule has 0 spiro atoms. The lowest BCUT2D eigenvalue weighted by Crippen LogP contribution is -2.44. The summed E-state index contributed by atoms with van der Waals surface area (Å²) in [6, 6.07) is 10.2. The minimum absolute atomic E-state index is 0.452. The Morgan fingerprint density at radius 2 is 1.79 bits per heavy atom. The average Bonchev–Trinajstić information content (AvgIpc) is 2.81. The summed E-state index contributed by atoms with van der Waals surface area (Å²) in [6.07, 6.45) is 2.42. The zero-order chi connectivity index (χ0) is 13.2. The second kappa shape index (κ2) is 5.51. The van der Waals surface area contributed by atoms with E-state index in [4.69, 9.17) is 4.74 Å². The SMILES string of the molecule is CC1CCN(C2COc3ccccc32)CCC(C)N1. The molecule has 1 N–H and O–H groups in total. The molecule has 2 aliphatic rings. The van der Waals surface area contributed by atoms with Crippen LogP contribution in [0.15, 0.2) is 24.3 Å². The summed E-state index contributed by atoms with van der Waals surface area (Å²) in [5, 5.41) is 3.65. The van der Waals surface area contributed by atoms with Gasteiger partial charge in [0.05, 0.1) is 6.04 Å². The topological polar surface area (TPSA) is 24.5 Å². The van der Waals surface area contributed by atoms with E-state index in [-0.39, 0.29) is 0 Å².